The van der Waals surface area contributed by atoms with E-state index in [9.17, 15) is 4.79 Å². The van der Waals surface area contributed by atoms with Gasteiger partial charge < -0.3 is 9.64 Å². The number of ether oxygens (including phenoxy) is 1. The lowest BCUT2D eigenvalue weighted by Crippen LogP contribution is -2.32. The zero-order chi connectivity index (χ0) is 18.6. The van der Waals surface area contributed by atoms with Crippen LogP contribution in [-0.4, -0.2) is 50.7 Å². The van der Waals surface area contributed by atoms with Crippen LogP contribution in [0.3, 0.4) is 0 Å². The zero-order valence-electron chi connectivity index (χ0n) is 14.2. The van der Waals surface area contributed by atoms with Gasteiger partial charge in [-0.15, -0.1) is 11.3 Å². The van der Waals surface area contributed by atoms with Crippen molar-refractivity contribution >= 4 is 39.2 Å². The molecule has 9 heteroatoms. The van der Waals surface area contributed by atoms with Gasteiger partial charge in [0.05, 0.1) is 22.5 Å². The molecule has 1 saturated heterocycles. The highest BCUT2D eigenvalue weighted by Crippen LogP contribution is 2.29. The Hall–Kier alpha value is -2.70. The Morgan fingerprint density at radius 1 is 1.37 bits per heavy atom. The summed E-state index contributed by atoms with van der Waals surface area (Å²) in [6, 6.07) is 9.91. The molecule has 1 aliphatic heterocycles. The van der Waals surface area contributed by atoms with E-state index in [1.54, 1.807) is 16.2 Å². The molecule has 1 unspecified atom stereocenters. The van der Waals surface area contributed by atoms with Crippen molar-refractivity contribution in [2.45, 2.75) is 16.9 Å². The van der Waals surface area contributed by atoms with E-state index in [1.165, 1.54) is 24.2 Å². The number of para-hydroxylation sites is 1. The Labute approximate surface area is 164 Å². The number of fused-ring (bicyclic) bond motifs is 1. The van der Waals surface area contributed by atoms with Crippen LogP contribution in [-0.2, 0) is 4.79 Å². The van der Waals surface area contributed by atoms with Gasteiger partial charge in [-0.25, -0.2) is 15.0 Å². The topological polar surface area (TPSA) is 92.0 Å². The molecule has 136 valence electrons. The number of hydrogen-bond donors (Lipinski definition) is 0. The minimum atomic E-state index is -0.176. The van der Waals surface area contributed by atoms with Gasteiger partial charge in [-0.2, -0.15) is 5.26 Å². The lowest BCUT2D eigenvalue weighted by atomic mass is 10.3. The van der Waals surface area contributed by atoms with Gasteiger partial charge in [0.2, 0.25) is 11.6 Å². The number of rotatable bonds is 5. The van der Waals surface area contributed by atoms with Crippen molar-refractivity contribution in [3.63, 3.8) is 0 Å². The third-order valence-corrected chi connectivity index (χ3v) is 6.30. The number of nitriles is 1. The summed E-state index contributed by atoms with van der Waals surface area (Å²) < 4.78 is 7.80. The molecule has 4 rings (SSSR count). The van der Waals surface area contributed by atoms with Crippen LogP contribution in [0.4, 0.5) is 0 Å². The largest absolute Gasteiger partial charge is 0.470 e. The van der Waals surface area contributed by atoms with Crippen LogP contribution < -0.4 is 4.74 Å². The number of thiazole rings is 1. The van der Waals surface area contributed by atoms with E-state index in [4.69, 9.17) is 10.00 Å². The summed E-state index contributed by atoms with van der Waals surface area (Å²) in [7, 11) is 0. The van der Waals surface area contributed by atoms with Crippen LogP contribution in [0.2, 0.25) is 0 Å². The number of aromatic nitrogens is 3. The van der Waals surface area contributed by atoms with Gasteiger partial charge in [-0.05, 0) is 12.1 Å². The van der Waals surface area contributed by atoms with E-state index in [-0.39, 0.29) is 23.6 Å². The average Bonchev–Trinajstić information content (AvgIpc) is 3.33. The maximum absolute atomic E-state index is 12.5. The molecule has 27 heavy (non-hydrogen) atoms. The molecular formula is C18H15N5O2S2. The number of nitrogens with zero attached hydrogens (tertiary/aromatic N) is 5. The number of hydrogen-bond acceptors (Lipinski definition) is 8. The normalized spacial score (nSPS) is 16.4. The SMILES string of the molecule is N#Cc1nccnc1OC1CCN(C(=O)CSc2nc3ccccc3s2)C1. The molecule has 0 N–H and O–H groups in total. The maximum Gasteiger partial charge on any atom is 0.251 e. The van der Waals surface area contributed by atoms with Crippen molar-refractivity contribution in [1.29, 1.82) is 5.26 Å². The number of carbonyl (C=O) groups is 1. The van der Waals surface area contributed by atoms with Crippen LogP contribution in [0, 0.1) is 11.3 Å². The first-order chi connectivity index (χ1) is 13.2. The van der Waals surface area contributed by atoms with Crippen molar-refractivity contribution in [3.8, 4) is 11.9 Å². The van der Waals surface area contributed by atoms with E-state index in [1.807, 2.05) is 30.3 Å². The summed E-state index contributed by atoms with van der Waals surface area (Å²) in [4.78, 5) is 26.8. The van der Waals surface area contributed by atoms with Crippen LogP contribution in [0.5, 0.6) is 5.88 Å². The molecule has 1 aliphatic rings. The third kappa shape index (κ3) is 4.02. The quantitative estimate of drug-likeness (QED) is 0.611. The van der Waals surface area contributed by atoms with Gasteiger partial charge in [0.25, 0.3) is 5.88 Å². The van der Waals surface area contributed by atoms with Crippen molar-refractivity contribution in [1.82, 2.24) is 19.9 Å². The van der Waals surface area contributed by atoms with E-state index in [0.717, 1.165) is 14.6 Å². The average molecular weight is 397 g/mol. The summed E-state index contributed by atoms with van der Waals surface area (Å²) in [6.07, 6.45) is 3.47. The fourth-order valence-electron chi connectivity index (χ4n) is 2.82. The predicted molar refractivity (Wildman–Crippen MR) is 103 cm³/mol. The Balaban J connectivity index is 1.32. The molecule has 0 aliphatic carbocycles. The van der Waals surface area contributed by atoms with Gasteiger partial charge in [0.1, 0.15) is 12.2 Å². The van der Waals surface area contributed by atoms with E-state index >= 15 is 0 Å². The second kappa shape index (κ2) is 7.90. The second-order valence-corrected chi connectivity index (χ2v) is 8.18. The van der Waals surface area contributed by atoms with Gasteiger partial charge in [0, 0.05) is 25.4 Å². The molecule has 1 atom stereocenters. The van der Waals surface area contributed by atoms with E-state index in [0.29, 0.717) is 25.3 Å². The lowest BCUT2D eigenvalue weighted by molar-refractivity contribution is -0.127. The van der Waals surface area contributed by atoms with Crippen LogP contribution in [0.15, 0.2) is 41.0 Å². The van der Waals surface area contributed by atoms with Crippen LogP contribution >= 0.6 is 23.1 Å². The van der Waals surface area contributed by atoms with Gasteiger partial charge in [-0.3, -0.25) is 4.79 Å². The minimum absolute atomic E-state index is 0.0602. The molecule has 3 aromatic rings. The van der Waals surface area contributed by atoms with Crippen molar-refractivity contribution in [2.24, 2.45) is 0 Å². The Morgan fingerprint density at radius 2 is 2.22 bits per heavy atom. The summed E-state index contributed by atoms with van der Waals surface area (Å²) in [5.41, 5.74) is 1.12. The number of thioether (sulfide) groups is 1. The molecule has 1 fully saturated rings. The highest BCUT2D eigenvalue weighted by molar-refractivity contribution is 8.01. The van der Waals surface area contributed by atoms with Crippen LogP contribution in [0.1, 0.15) is 12.1 Å². The minimum Gasteiger partial charge on any atom is -0.470 e. The molecule has 3 heterocycles. The molecule has 0 spiro atoms. The highest BCUT2D eigenvalue weighted by Gasteiger charge is 2.28. The maximum atomic E-state index is 12.5. The van der Waals surface area contributed by atoms with Crippen molar-refractivity contribution in [3.05, 3.63) is 42.4 Å². The van der Waals surface area contributed by atoms with E-state index in [2.05, 4.69) is 15.0 Å². The fourth-order valence-corrected chi connectivity index (χ4v) is 4.80. The number of amides is 1. The standard InChI is InChI=1S/C18H15N5O2S2/c19-9-14-17(21-7-6-20-14)25-12-5-8-23(10-12)16(24)11-26-18-22-13-3-1-2-4-15(13)27-18/h1-4,6-7,12H,5,8,10-11H2. The second-order valence-electron chi connectivity index (χ2n) is 5.93. The highest BCUT2D eigenvalue weighted by atomic mass is 32.2. The molecular weight excluding hydrogens is 382 g/mol. The first kappa shape index (κ1) is 17.7. The summed E-state index contributed by atoms with van der Waals surface area (Å²) in [5, 5.41) is 9.06. The first-order valence-electron chi connectivity index (χ1n) is 8.37. The molecule has 0 saturated carbocycles. The Kier molecular flexibility index (Phi) is 5.18. The van der Waals surface area contributed by atoms with Gasteiger partial charge in [-0.1, -0.05) is 23.9 Å². The number of likely N-dealkylation sites (tertiary alicyclic amines) is 1. The van der Waals surface area contributed by atoms with Crippen LogP contribution in [0.25, 0.3) is 10.2 Å². The Morgan fingerprint density at radius 3 is 3.07 bits per heavy atom. The third-order valence-electron chi connectivity index (χ3n) is 4.14. The number of carbonyl (C=O) groups excluding carboxylic acids is 1. The molecule has 1 amide bonds. The van der Waals surface area contributed by atoms with Crippen molar-refractivity contribution in [2.75, 3.05) is 18.8 Å². The first-order valence-corrected chi connectivity index (χ1v) is 10.2. The van der Waals surface area contributed by atoms with Gasteiger partial charge >= 0.3 is 0 Å². The monoisotopic (exact) mass is 397 g/mol. The Bertz CT molecular complexity index is 983. The lowest BCUT2D eigenvalue weighted by Gasteiger charge is -2.16. The summed E-state index contributed by atoms with van der Waals surface area (Å²) in [5.74, 6) is 0.634. The van der Waals surface area contributed by atoms with E-state index < -0.39 is 0 Å². The zero-order valence-corrected chi connectivity index (χ0v) is 15.9. The predicted octanol–water partition coefficient (Wildman–Crippen LogP) is 2.73. The number of benzene rings is 1. The smallest absolute Gasteiger partial charge is 0.251 e. The molecule has 0 radical (unpaired) electrons. The van der Waals surface area contributed by atoms with Crippen molar-refractivity contribution < 1.29 is 9.53 Å². The molecule has 0 bridgehead atoms. The molecule has 1 aromatic carbocycles. The van der Waals surface area contributed by atoms with Gasteiger partial charge in [0.15, 0.2) is 4.34 Å². The summed E-state index contributed by atoms with van der Waals surface area (Å²) in [6.45, 7) is 1.12. The molecule has 2 aromatic heterocycles. The fraction of sp³-hybridized carbons (Fsp3) is 0.278. The molecule has 7 nitrogen and oxygen atoms in total. The summed E-state index contributed by atoms with van der Waals surface area (Å²) >= 11 is 3.06.